The lowest BCUT2D eigenvalue weighted by Crippen LogP contribution is -2.00. The van der Waals surface area contributed by atoms with Crippen molar-refractivity contribution in [2.75, 3.05) is 0 Å². The lowest BCUT2D eigenvalue weighted by atomic mass is 9.90. The molecule has 3 heterocycles. The van der Waals surface area contributed by atoms with Crippen LogP contribution in [-0.2, 0) is 0 Å². The topological polar surface area (TPSA) is 77.3 Å². The molecule has 0 aliphatic carbocycles. The van der Waals surface area contributed by atoms with E-state index >= 15 is 0 Å². The highest BCUT2D eigenvalue weighted by atomic mass is 32.1. The number of hydrogen-bond donors (Lipinski definition) is 0. The van der Waals surface area contributed by atoms with E-state index in [-0.39, 0.29) is 0 Å². The fourth-order valence-electron chi connectivity index (χ4n) is 7.09. The Morgan fingerprint density at radius 1 is 0.340 bits per heavy atom. The Bertz CT molecular complexity index is 2860. The Kier molecular flexibility index (Phi) is 7.55. The average molecular weight is 697 g/mol. The van der Waals surface area contributed by atoms with Crippen molar-refractivity contribution in [3.8, 4) is 67.7 Å². The molecular weight excluding hydrogens is 669 g/mol. The molecule has 10 rings (SSSR count). The molecule has 0 radical (unpaired) electrons. The van der Waals surface area contributed by atoms with Crippen LogP contribution in [0.4, 0.5) is 0 Å². The summed E-state index contributed by atoms with van der Waals surface area (Å²) < 4.78 is 9.80. The van der Waals surface area contributed by atoms with Gasteiger partial charge in [-0.1, -0.05) is 158 Å². The van der Waals surface area contributed by atoms with Crippen molar-refractivity contribution in [2.24, 2.45) is 0 Å². The van der Waals surface area contributed by atoms with Gasteiger partial charge in [-0.25, -0.2) is 19.9 Å². The molecule has 0 spiro atoms. The monoisotopic (exact) mass is 696 g/mol. The number of hydrogen-bond acceptors (Lipinski definition) is 7. The van der Waals surface area contributed by atoms with Crippen molar-refractivity contribution < 1.29 is 0 Å². The quantitative estimate of drug-likeness (QED) is 0.161. The van der Waals surface area contributed by atoms with Crippen LogP contribution in [-0.4, -0.2) is 28.7 Å². The first-order valence-electron chi connectivity index (χ1n) is 17.4. The molecule has 3 aromatic heterocycles. The standard InChI is InChI=1S/C46H28N6S/c1-5-14-29(15-6-1)36-28-37-40(43-42(36)51-53-52-43)39-35(22-13-23-38(39)47-41(37)31-16-7-2-8-17-31)30-24-26-34(27-25-30)46-49-44(32-18-9-3-10-19-32)48-45(50-46)33-20-11-4-12-21-33/h1-28H. The first-order chi connectivity index (χ1) is 26.3. The van der Waals surface area contributed by atoms with Crippen molar-refractivity contribution in [1.82, 2.24) is 28.7 Å². The minimum atomic E-state index is 0.616. The Morgan fingerprint density at radius 3 is 1.40 bits per heavy atom. The highest BCUT2D eigenvalue weighted by Gasteiger charge is 2.21. The maximum atomic E-state index is 5.36. The molecule has 53 heavy (non-hydrogen) atoms. The van der Waals surface area contributed by atoms with Crippen LogP contribution in [0.15, 0.2) is 170 Å². The minimum absolute atomic E-state index is 0.616. The molecule has 6 nitrogen and oxygen atoms in total. The van der Waals surface area contributed by atoms with Crippen LogP contribution in [0.1, 0.15) is 0 Å². The SMILES string of the molecule is c1ccc(-c2nc(-c3ccccc3)nc(-c3ccc(-c4cccc5nc(-c6ccccc6)c6cc(-c7ccccc7)c7nsnc7c6c45)cc3)n2)cc1. The predicted octanol–water partition coefficient (Wildman–Crippen LogP) is 11.6. The van der Waals surface area contributed by atoms with Crippen molar-refractivity contribution >= 4 is 44.4 Å². The molecule has 0 amide bonds. The average Bonchev–Trinajstić information content (AvgIpc) is 3.74. The van der Waals surface area contributed by atoms with Crippen LogP contribution in [0, 0.1) is 0 Å². The fraction of sp³-hybridized carbons (Fsp3) is 0. The fourth-order valence-corrected chi connectivity index (χ4v) is 7.66. The third kappa shape index (κ3) is 5.51. The molecule has 0 aliphatic rings. The van der Waals surface area contributed by atoms with Gasteiger partial charge >= 0.3 is 0 Å². The van der Waals surface area contributed by atoms with Crippen LogP contribution in [0.3, 0.4) is 0 Å². The van der Waals surface area contributed by atoms with Gasteiger partial charge in [-0.2, -0.15) is 8.75 Å². The Labute approximate surface area is 309 Å². The van der Waals surface area contributed by atoms with E-state index in [1.807, 2.05) is 72.8 Å². The van der Waals surface area contributed by atoms with E-state index in [0.29, 0.717) is 17.5 Å². The summed E-state index contributed by atoms with van der Waals surface area (Å²) in [4.78, 5) is 20.1. The van der Waals surface area contributed by atoms with Gasteiger partial charge in [-0.3, -0.25) is 0 Å². The summed E-state index contributed by atoms with van der Waals surface area (Å²) >= 11 is 1.25. The predicted molar refractivity (Wildman–Crippen MR) is 216 cm³/mol. The third-order valence-electron chi connectivity index (χ3n) is 9.60. The largest absolute Gasteiger partial charge is 0.247 e. The van der Waals surface area contributed by atoms with Crippen molar-refractivity contribution in [3.63, 3.8) is 0 Å². The lowest BCUT2D eigenvalue weighted by Gasteiger charge is -2.16. The molecule has 248 valence electrons. The molecular formula is C46H28N6S. The van der Waals surface area contributed by atoms with E-state index in [4.69, 9.17) is 28.7 Å². The maximum Gasteiger partial charge on any atom is 0.164 e. The van der Waals surface area contributed by atoms with Gasteiger partial charge in [0.15, 0.2) is 17.5 Å². The number of benzene rings is 7. The smallest absolute Gasteiger partial charge is 0.164 e. The molecule has 0 fully saturated rings. The Balaban J connectivity index is 1.17. The zero-order valence-electron chi connectivity index (χ0n) is 28.3. The summed E-state index contributed by atoms with van der Waals surface area (Å²) in [6.45, 7) is 0. The molecule has 0 N–H and O–H groups in total. The number of nitrogens with zero attached hydrogens (tertiary/aromatic N) is 6. The van der Waals surface area contributed by atoms with Gasteiger partial charge in [0.2, 0.25) is 0 Å². The first kappa shape index (κ1) is 30.8. The summed E-state index contributed by atoms with van der Waals surface area (Å²) in [6, 6.07) is 58.0. The molecule has 0 atom stereocenters. The second kappa shape index (κ2) is 13.0. The molecule has 7 heteroatoms. The van der Waals surface area contributed by atoms with Gasteiger partial charge in [-0.15, -0.1) is 0 Å². The Morgan fingerprint density at radius 2 is 0.811 bits per heavy atom. The van der Waals surface area contributed by atoms with Crippen molar-refractivity contribution in [2.45, 2.75) is 0 Å². The number of aromatic nitrogens is 6. The van der Waals surface area contributed by atoms with Crippen LogP contribution in [0.2, 0.25) is 0 Å². The first-order valence-corrected chi connectivity index (χ1v) is 18.1. The summed E-state index contributed by atoms with van der Waals surface area (Å²) in [7, 11) is 0. The highest BCUT2D eigenvalue weighted by Crippen LogP contribution is 2.44. The van der Waals surface area contributed by atoms with Gasteiger partial charge in [0.05, 0.1) is 22.9 Å². The third-order valence-corrected chi connectivity index (χ3v) is 10.1. The second-order valence-corrected chi connectivity index (χ2v) is 13.3. The zero-order chi connectivity index (χ0) is 35.1. The number of rotatable bonds is 6. The molecule has 0 bridgehead atoms. The molecule has 0 saturated carbocycles. The van der Waals surface area contributed by atoms with Gasteiger partial charge < -0.3 is 0 Å². The van der Waals surface area contributed by atoms with Gasteiger partial charge in [0.1, 0.15) is 11.0 Å². The van der Waals surface area contributed by atoms with E-state index in [9.17, 15) is 0 Å². The van der Waals surface area contributed by atoms with Crippen LogP contribution in [0.5, 0.6) is 0 Å². The van der Waals surface area contributed by atoms with E-state index in [2.05, 4.69) is 97.1 Å². The number of pyridine rings is 1. The maximum absolute atomic E-state index is 5.36. The summed E-state index contributed by atoms with van der Waals surface area (Å²) in [6.07, 6.45) is 0. The molecule has 0 aliphatic heterocycles. The van der Waals surface area contributed by atoms with Gasteiger partial charge in [-0.05, 0) is 28.8 Å². The summed E-state index contributed by atoms with van der Waals surface area (Å²) in [5.74, 6) is 1.88. The molecule has 0 saturated heterocycles. The van der Waals surface area contributed by atoms with Crippen LogP contribution in [0.25, 0.3) is 100 Å². The van der Waals surface area contributed by atoms with Crippen LogP contribution < -0.4 is 0 Å². The van der Waals surface area contributed by atoms with Gasteiger partial charge in [0.25, 0.3) is 0 Å². The highest BCUT2D eigenvalue weighted by molar-refractivity contribution is 7.00. The molecule has 10 aromatic rings. The van der Waals surface area contributed by atoms with E-state index in [1.165, 1.54) is 11.7 Å². The number of fused-ring (bicyclic) bond motifs is 5. The summed E-state index contributed by atoms with van der Waals surface area (Å²) in [5.41, 5.74) is 11.7. The zero-order valence-corrected chi connectivity index (χ0v) is 29.1. The Hall–Kier alpha value is -6.96. The van der Waals surface area contributed by atoms with Crippen molar-refractivity contribution in [3.05, 3.63) is 170 Å². The van der Waals surface area contributed by atoms with Gasteiger partial charge in [0, 0.05) is 44.0 Å². The van der Waals surface area contributed by atoms with Crippen LogP contribution >= 0.6 is 11.7 Å². The lowest BCUT2D eigenvalue weighted by molar-refractivity contribution is 1.07. The van der Waals surface area contributed by atoms with E-state index < -0.39 is 0 Å². The van der Waals surface area contributed by atoms with E-state index in [1.54, 1.807) is 0 Å². The normalized spacial score (nSPS) is 11.4. The summed E-state index contributed by atoms with van der Waals surface area (Å²) in [5, 5.41) is 3.14. The van der Waals surface area contributed by atoms with E-state index in [0.717, 1.165) is 82.9 Å². The van der Waals surface area contributed by atoms with Crippen molar-refractivity contribution in [1.29, 1.82) is 0 Å². The second-order valence-electron chi connectivity index (χ2n) is 12.8. The minimum Gasteiger partial charge on any atom is -0.247 e. The molecule has 0 unspecified atom stereocenters. The molecule has 7 aromatic carbocycles.